The van der Waals surface area contributed by atoms with Crippen molar-refractivity contribution in [1.82, 2.24) is 4.90 Å². The summed E-state index contributed by atoms with van der Waals surface area (Å²) in [4.78, 5) is 14.2. The average Bonchev–Trinajstić information content (AvgIpc) is 2.41. The summed E-state index contributed by atoms with van der Waals surface area (Å²) in [7, 11) is 0. The molecule has 2 N–H and O–H groups in total. The first kappa shape index (κ1) is 15.6. The summed E-state index contributed by atoms with van der Waals surface area (Å²) in [5, 5.41) is 18.7. The van der Waals surface area contributed by atoms with E-state index in [0.717, 1.165) is 12.8 Å². The van der Waals surface area contributed by atoms with Crippen molar-refractivity contribution < 1.29 is 15.0 Å². The minimum Gasteiger partial charge on any atom is -0.504 e. The lowest BCUT2D eigenvalue weighted by Gasteiger charge is -2.30. The van der Waals surface area contributed by atoms with Crippen molar-refractivity contribution in [2.24, 2.45) is 0 Å². The summed E-state index contributed by atoms with van der Waals surface area (Å²) in [5.74, 6) is -0.333. The van der Waals surface area contributed by atoms with Crippen LogP contribution in [0.4, 0.5) is 0 Å². The van der Waals surface area contributed by atoms with Gasteiger partial charge in [0.1, 0.15) is 0 Å². The van der Waals surface area contributed by atoms with Crippen LogP contribution in [0.25, 0.3) is 0 Å². The predicted molar refractivity (Wildman–Crippen MR) is 75.9 cm³/mol. The van der Waals surface area contributed by atoms with Gasteiger partial charge in [0.2, 0.25) is 0 Å². The van der Waals surface area contributed by atoms with Crippen LogP contribution >= 0.6 is 11.6 Å². The van der Waals surface area contributed by atoms with Gasteiger partial charge in [-0.25, -0.2) is 0 Å². The van der Waals surface area contributed by atoms with Crippen LogP contribution in [0.3, 0.4) is 0 Å². The number of alkyl halides is 1. The van der Waals surface area contributed by atoms with Crippen molar-refractivity contribution in [2.45, 2.75) is 32.7 Å². The number of hydrogen-bond donors (Lipinski definition) is 2. The van der Waals surface area contributed by atoms with E-state index < -0.39 is 0 Å². The molecule has 0 spiro atoms. The molecule has 4 nitrogen and oxygen atoms in total. The van der Waals surface area contributed by atoms with E-state index in [1.807, 2.05) is 13.8 Å². The molecule has 0 atom stereocenters. The molecule has 0 aromatic heterocycles. The molecule has 0 fully saturated rings. The highest BCUT2D eigenvalue weighted by Gasteiger charge is 2.22. The topological polar surface area (TPSA) is 60.8 Å². The normalized spacial score (nSPS) is 10.7. The summed E-state index contributed by atoms with van der Waals surface area (Å²) in [6, 6.07) is 4.22. The second-order valence-electron chi connectivity index (χ2n) is 4.36. The summed E-state index contributed by atoms with van der Waals surface area (Å²) in [6.07, 6.45) is 1.70. The van der Waals surface area contributed by atoms with Gasteiger partial charge in [0.25, 0.3) is 5.91 Å². The Morgan fingerprint density at radius 3 is 2.37 bits per heavy atom. The van der Waals surface area contributed by atoms with Crippen molar-refractivity contribution in [3.63, 3.8) is 0 Å². The third kappa shape index (κ3) is 3.77. The first-order valence-electron chi connectivity index (χ1n) is 6.44. The summed E-state index contributed by atoms with van der Waals surface area (Å²) in [5.41, 5.74) is 0.354. The Hall–Kier alpha value is -1.42. The van der Waals surface area contributed by atoms with Gasteiger partial charge in [0.05, 0.1) is 0 Å². The molecule has 1 rings (SSSR count). The molecule has 1 aromatic rings. The summed E-state index contributed by atoms with van der Waals surface area (Å²) in [6.45, 7) is 4.52. The Morgan fingerprint density at radius 1 is 1.26 bits per heavy atom. The molecule has 106 valence electrons. The lowest BCUT2D eigenvalue weighted by Crippen LogP contribution is -2.41. The Bertz CT molecular complexity index is 433. The standard InChI is InChI=1S/C14H20ClNO3/c1-3-11(4-2)16(8-7-15)14(19)10-5-6-12(17)13(18)9-10/h5-6,9,11,17-18H,3-4,7-8H2,1-2H3. The van der Waals surface area contributed by atoms with Gasteiger partial charge in [0.15, 0.2) is 11.5 Å². The summed E-state index contributed by atoms with van der Waals surface area (Å²) >= 11 is 5.76. The number of phenols is 2. The van der Waals surface area contributed by atoms with E-state index in [4.69, 9.17) is 11.6 Å². The SMILES string of the molecule is CCC(CC)N(CCCl)C(=O)c1ccc(O)c(O)c1. The first-order chi connectivity index (χ1) is 9.04. The van der Waals surface area contributed by atoms with E-state index in [-0.39, 0.29) is 23.4 Å². The molecule has 5 heteroatoms. The van der Waals surface area contributed by atoms with Crippen LogP contribution in [0.5, 0.6) is 11.5 Å². The number of amides is 1. The zero-order valence-corrected chi connectivity index (χ0v) is 12.0. The van der Waals surface area contributed by atoms with Crippen molar-refractivity contribution >= 4 is 17.5 Å². The first-order valence-corrected chi connectivity index (χ1v) is 6.97. The smallest absolute Gasteiger partial charge is 0.254 e. The average molecular weight is 286 g/mol. The van der Waals surface area contributed by atoms with E-state index in [9.17, 15) is 15.0 Å². The fraction of sp³-hybridized carbons (Fsp3) is 0.500. The molecule has 0 heterocycles. The maximum atomic E-state index is 12.4. The molecule has 0 saturated carbocycles. The molecular weight excluding hydrogens is 266 g/mol. The molecule has 0 bridgehead atoms. The van der Waals surface area contributed by atoms with Gasteiger partial charge < -0.3 is 15.1 Å². The minimum atomic E-state index is -0.291. The van der Waals surface area contributed by atoms with Gasteiger partial charge in [-0.1, -0.05) is 13.8 Å². The molecule has 0 aliphatic heterocycles. The monoisotopic (exact) mass is 285 g/mol. The number of hydrogen-bond acceptors (Lipinski definition) is 3. The van der Waals surface area contributed by atoms with Crippen LogP contribution in [0.15, 0.2) is 18.2 Å². The molecular formula is C14H20ClNO3. The second-order valence-corrected chi connectivity index (χ2v) is 4.74. The van der Waals surface area contributed by atoms with E-state index in [2.05, 4.69) is 0 Å². The van der Waals surface area contributed by atoms with Crippen molar-refractivity contribution in [1.29, 1.82) is 0 Å². The number of benzene rings is 1. The van der Waals surface area contributed by atoms with Gasteiger partial charge in [-0.15, -0.1) is 11.6 Å². The number of carbonyl (C=O) groups excluding carboxylic acids is 1. The van der Waals surface area contributed by atoms with Crippen molar-refractivity contribution in [3.8, 4) is 11.5 Å². The Balaban J connectivity index is 3.01. The van der Waals surface area contributed by atoms with Gasteiger partial charge >= 0.3 is 0 Å². The van der Waals surface area contributed by atoms with E-state index in [0.29, 0.717) is 18.0 Å². The fourth-order valence-corrected chi connectivity index (χ4v) is 2.27. The third-order valence-corrected chi connectivity index (χ3v) is 3.36. The minimum absolute atomic E-state index is 0.127. The van der Waals surface area contributed by atoms with Crippen LogP contribution in [-0.2, 0) is 0 Å². The number of halogens is 1. The number of rotatable bonds is 6. The van der Waals surface area contributed by atoms with Crippen molar-refractivity contribution in [3.05, 3.63) is 23.8 Å². The zero-order valence-electron chi connectivity index (χ0n) is 11.3. The van der Waals surface area contributed by atoms with E-state index >= 15 is 0 Å². The molecule has 0 saturated heterocycles. The Kier molecular flexibility index (Phi) is 5.96. The van der Waals surface area contributed by atoms with Crippen LogP contribution in [0, 0.1) is 0 Å². The maximum Gasteiger partial charge on any atom is 0.254 e. The van der Waals surface area contributed by atoms with Gasteiger partial charge in [-0.2, -0.15) is 0 Å². The van der Waals surface area contributed by atoms with Crippen LogP contribution in [-0.4, -0.2) is 39.5 Å². The van der Waals surface area contributed by atoms with Gasteiger partial charge in [0, 0.05) is 24.0 Å². The maximum absolute atomic E-state index is 12.4. The molecule has 1 aromatic carbocycles. The number of carbonyl (C=O) groups is 1. The molecule has 0 radical (unpaired) electrons. The van der Waals surface area contributed by atoms with E-state index in [1.165, 1.54) is 18.2 Å². The second kappa shape index (κ2) is 7.24. The lowest BCUT2D eigenvalue weighted by atomic mass is 10.1. The van der Waals surface area contributed by atoms with Gasteiger partial charge in [-0.3, -0.25) is 4.79 Å². The molecule has 1 amide bonds. The van der Waals surface area contributed by atoms with Crippen LogP contribution in [0.2, 0.25) is 0 Å². The number of phenolic OH excluding ortho intramolecular Hbond substituents is 2. The summed E-state index contributed by atoms with van der Waals surface area (Å²) < 4.78 is 0. The molecule has 0 aliphatic rings. The highest BCUT2D eigenvalue weighted by Crippen LogP contribution is 2.26. The predicted octanol–water partition coefficient (Wildman–Crippen LogP) is 2.97. The highest BCUT2D eigenvalue weighted by molar-refractivity contribution is 6.18. The zero-order chi connectivity index (χ0) is 14.4. The lowest BCUT2D eigenvalue weighted by molar-refractivity contribution is 0.0681. The van der Waals surface area contributed by atoms with E-state index in [1.54, 1.807) is 4.90 Å². The number of aromatic hydroxyl groups is 2. The Morgan fingerprint density at radius 2 is 1.89 bits per heavy atom. The molecule has 19 heavy (non-hydrogen) atoms. The Labute approximate surface area is 118 Å². The van der Waals surface area contributed by atoms with Gasteiger partial charge in [-0.05, 0) is 31.0 Å². The number of nitrogens with zero attached hydrogens (tertiary/aromatic N) is 1. The largest absolute Gasteiger partial charge is 0.504 e. The van der Waals surface area contributed by atoms with Crippen LogP contribution in [0.1, 0.15) is 37.0 Å². The quantitative estimate of drug-likeness (QED) is 0.624. The highest BCUT2D eigenvalue weighted by atomic mass is 35.5. The van der Waals surface area contributed by atoms with Crippen molar-refractivity contribution in [2.75, 3.05) is 12.4 Å². The fourth-order valence-electron chi connectivity index (χ4n) is 2.09. The van der Waals surface area contributed by atoms with Crippen LogP contribution < -0.4 is 0 Å². The third-order valence-electron chi connectivity index (χ3n) is 3.19. The molecule has 0 aliphatic carbocycles. The molecule has 0 unspecified atom stereocenters.